The molecule has 0 aliphatic carbocycles. The van der Waals surface area contributed by atoms with Crippen molar-refractivity contribution in [3.8, 4) is 22.7 Å². The van der Waals surface area contributed by atoms with Gasteiger partial charge in [-0.2, -0.15) is 0 Å². The smallest absolute Gasteiger partial charge is 0.338 e. The van der Waals surface area contributed by atoms with Crippen molar-refractivity contribution in [2.75, 3.05) is 6.61 Å². The zero-order valence-electron chi connectivity index (χ0n) is 19.0. The molecule has 0 N–H and O–H groups in total. The second kappa shape index (κ2) is 10.1. The number of benzene rings is 3. The van der Waals surface area contributed by atoms with Gasteiger partial charge in [0.2, 0.25) is 0 Å². The lowest BCUT2D eigenvalue weighted by molar-refractivity contribution is 0.0526. The van der Waals surface area contributed by atoms with Crippen LogP contribution in [0.5, 0.6) is 5.75 Å². The van der Waals surface area contributed by atoms with Crippen molar-refractivity contribution >= 4 is 21.9 Å². The number of esters is 1. The molecule has 1 aromatic heterocycles. The highest BCUT2D eigenvalue weighted by atomic mass is 79.9. The number of carbonyl (C=O) groups is 1. The summed E-state index contributed by atoms with van der Waals surface area (Å²) >= 11 is 3.73. The minimum Gasteiger partial charge on any atom is -0.488 e. The van der Waals surface area contributed by atoms with E-state index in [1.165, 1.54) is 5.56 Å². The summed E-state index contributed by atoms with van der Waals surface area (Å²) in [4.78, 5) is 12.3. The molecule has 33 heavy (non-hydrogen) atoms. The zero-order valence-corrected chi connectivity index (χ0v) is 20.6. The summed E-state index contributed by atoms with van der Waals surface area (Å²) in [5, 5.41) is 0. The van der Waals surface area contributed by atoms with Crippen LogP contribution in [0, 0.1) is 13.8 Å². The minimum absolute atomic E-state index is 0.325. The van der Waals surface area contributed by atoms with Crippen LogP contribution in [0.1, 0.15) is 34.1 Å². The highest BCUT2D eigenvalue weighted by molar-refractivity contribution is 9.10. The fourth-order valence-corrected chi connectivity index (χ4v) is 4.33. The number of rotatable bonds is 7. The third-order valence-electron chi connectivity index (χ3n) is 5.44. The lowest BCUT2D eigenvalue weighted by Crippen LogP contribution is -2.07. The van der Waals surface area contributed by atoms with Crippen LogP contribution in [0.2, 0.25) is 0 Å². The fraction of sp³-hybridized carbons (Fsp3) is 0.179. The first kappa shape index (κ1) is 22.9. The van der Waals surface area contributed by atoms with Gasteiger partial charge < -0.3 is 14.0 Å². The van der Waals surface area contributed by atoms with E-state index in [0.29, 0.717) is 18.8 Å². The van der Waals surface area contributed by atoms with Crippen molar-refractivity contribution in [2.45, 2.75) is 27.4 Å². The zero-order chi connectivity index (χ0) is 23.4. The number of halogens is 1. The second-order valence-electron chi connectivity index (χ2n) is 7.85. The summed E-state index contributed by atoms with van der Waals surface area (Å²) in [6, 6.07) is 25.9. The van der Waals surface area contributed by atoms with Crippen molar-refractivity contribution in [2.24, 2.45) is 0 Å². The number of aromatic nitrogens is 1. The third-order valence-corrected chi connectivity index (χ3v) is 6.10. The summed E-state index contributed by atoms with van der Waals surface area (Å²) < 4.78 is 14.5. The number of nitrogens with zero attached hydrogens (tertiary/aromatic N) is 1. The molecular formula is C28H26BrNO3. The Labute approximate surface area is 202 Å². The Hall–Kier alpha value is -3.31. The Kier molecular flexibility index (Phi) is 6.99. The molecule has 4 nitrogen and oxygen atoms in total. The van der Waals surface area contributed by atoms with Crippen LogP contribution >= 0.6 is 15.9 Å². The van der Waals surface area contributed by atoms with Crippen LogP contribution < -0.4 is 4.74 Å². The Bertz CT molecular complexity index is 1270. The highest BCUT2D eigenvalue weighted by Crippen LogP contribution is 2.39. The molecule has 0 radical (unpaired) electrons. The van der Waals surface area contributed by atoms with Gasteiger partial charge in [-0.3, -0.25) is 0 Å². The van der Waals surface area contributed by atoms with Gasteiger partial charge in [0.25, 0.3) is 0 Å². The Morgan fingerprint density at radius 3 is 2.45 bits per heavy atom. The number of hydrogen-bond donors (Lipinski definition) is 0. The monoisotopic (exact) mass is 503 g/mol. The quantitative estimate of drug-likeness (QED) is 0.249. The molecule has 1 heterocycles. The Balaban J connectivity index is 1.74. The molecule has 0 aliphatic heterocycles. The topological polar surface area (TPSA) is 40.5 Å². The van der Waals surface area contributed by atoms with E-state index in [1.807, 2.05) is 43.3 Å². The minimum atomic E-state index is -0.325. The molecule has 0 fully saturated rings. The maximum Gasteiger partial charge on any atom is 0.338 e. The van der Waals surface area contributed by atoms with Gasteiger partial charge in [0.1, 0.15) is 12.4 Å². The Morgan fingerprint density at radius 2 is 1.70 bits per heavy atom. The van der Waals surface area contributed by atoms with Gasteiger partial charge in [-0.15, -0.1) is 0 Å². The summed E-state index contributed by atoms with van der Waals surface area (Å²) in [5.74, 6) is 0.458. The van der Waals surface area contributed by atoms with E-state index in [9.17, 15) is 4.79 Å². The van der Waals surface area contributed by atoms with Crippen LogP contribution in [0.3, 0.4) is 0 Å². The number of carbonyl (C=O) groups excluding carboxylic acids is 1. The fourth-order valence-electron chi connectivity index (χ4n) is 3.78. The first-order chi connectivity index (χ1) is 16.0. The SMILES string of the molecule is CCOC(=O)c1cccc(-n2c(C)ccc2-c2c(Br)cccc2OCc2ccc(C)cc2)c1. The van der Waals surface area contributed by atoms with Crippen molar-refractivity contribution in [3.63, 3.8) is 0 Å². The Morgan fingerprint density at radius 1 is 0.939 bits per heavy atom. The van der Waals surface area contributed by atoms with Crippen molar-refractivity contribution in [1.82, 2.24) is 4.57 Å². The van der Waals surface area contributed by atoms with Crippen LogP contribution in [0.4, 0.5) is 0 Å². The molecule has 168 valence electrons. The van der Waals surface area contributed by atoms with Crippen LogP contribution in [-0.4, -0.2) is 17.1 Å². The van der Waals surface area contributed by atoms with Crippen molar-refractivity contribution in [1.29, 1.82) is 0 Å². The van der Waals surface area contributed by atoms with E-state index in [4.69, 9.17) is 9.47 Å². The molecule has 4 rings (SSSR count). The largest absolute Gasteiger partial charge is 0.488 e. The molecule has 3 aromatic carbocycles. The van der Waals surface area contributed by atoms with Gasteiger partial charge >= 0.3 is 5.97 Å². The molecular weight excluding hydrogens is 478 g/mol. The van der Waals surface area contributed by atoms with Gasteiger partial charge in [0.05, 0.1) is 23.4 Å². The summed E-state index contributed by atoms with van der Waals surface area (Å²) in [6.45, 7) is 6.74. The van der Waals surface area contributed by atoms with Gasteiger partial charge in [0.15, 0.2) is 0 Å². The van der Waals surface area contributed by atoms with E-state index in [1.54, 1.807) is 13.0 Å². The summed E-state index contributed by atoms with van der Waals surface area (Å²) in [6.07, 6.45) is 0. The standard InChI is InChI=1S/C28H26BrNO3/c1-4-32-28(31)22-7-5-8-23(17-22)30-20(3)13-16-25(30)27-24(29)9-6-10-26(27)33-18-21-14-11-19(2)12-15-21/h5-17H,4,18H2,1-3H3. The van der Waals surface area contributed by atoms with E-state index in [-0.39, 0.29) is 5.97 Å². The summed E-state index contributed by atoms with van der Waals surface area (Å²) in [7, 11) is 0. The third kappa shape index (κ3) is 5.04. The second-order valence-corrected chi connectivity index (χ2v) is 8.71. The first-order valence-corrected chi connectivity index (χ1v) is 11.7. The number of hydrogen-bond acceptors (Lipinski definition) is 3. The molecule has 0 amide bonds. The van der Waals surface area contributed by atoms with Gasteiger partial charge in [0, 0.05) is 15.9 Å². The van der Waals surface area contributed by atoms with Gasteiger partial charge in [-0.05, 0) is 84.7 Å². The van der Waals surface area contributed by atoms with Crippen molar-refractivity contribution < 1.29 is 14.3 Å². The van der Waals surface area contributed by atoms with Crippen LogP contribution in [-0.2, 0) is 11.3 Å². The predicted molar refractivity (Wildman–Crippen MR) is 135 cm³/mol. The van der Waals surface area contributed by atoms with E-state index in [0.717, 1.165) is 38.4 Å². The average Bonchev–Trinajstić information content (AvgIpc) is 3.19. The molecule has 4 aromatic rings. The molecule has 0 saturated carbocycles. The molecule has 0 aliphatic rings. The summed E-state index contributed by atoms with van der Waals surface area (Å²) in [5.41, 5.74) is 6.72. The molecule has 0 bridgehead atoms. The number of ether oxygens (including phenoxy) is 2. The van der Waals surface area contributed by atoms with Crippen LogP contribution in [0.15, 0.2) is 83.3 Å². The lowest BCUT2D eigenvalue weighted by Gasteiger charge is -2.17. The molecule has 0 unspecified atom stereocenters. The van der Waals surface area contributed by atoms with Crippen LogP contribution in [0.25, 0.3) is 16.9 Å². The van der Waals surface area contributed by atoms with E-state index in [2.05, 4.69) is 63.8 Å². The average molecular weight is 504 g/mol. The maximum atomic E-state index is 12.3. The normalized spacial score (nSPS) is 10.8. The lowest BCUT2D eigenvalue weighted by atomic mass is 10.1. The van der Waals surface area contributed by atoms with Gasteiger partial charge in [-0.1, -0.05) is 42.0 Å². The predicted octanol–water partition coefficient (Wildman–Crippen LogP) is 7.28. The van der Waals surface area contributed by atoms with Crippen molar-refractivity contribution in [3.05, 3.63) is 106 Å². The first-order valence-electron chi connectivity index (χ1n) is 10.9. The molecule has 5 heteroatoms. The van der Waals surface area contributed by atoms with Gasteiger partial charge in [-0.25, -0.2) is 4.79 Å². The highest BCUT2D eigenvalue weighted by Gasteiger charge is 2.18. The molecule has 0 atom stereocenters. The van der Waals surface area contributed by atoms with E-state index >= 15 is 0 Å². The number of aryl methyl sites for hydroxylation is 2. The maximum absolute atomic E-state index is 12.3. The molecule has 0 spiro atoms. The molecule has 0 saturated heterocycles. The van der Waals surface area contributed by atoms with E-state index < -0.39 is 0 Å².